The van der Waals surface area contributed by atoms with Crippen LogP contribution in [0.25, 0.3) is 0 Å². The van der Waals surface area contributed by atoms with Gasteiger partial charge in [0.2, 0.25) is 10.0 Å². The maximum Gasteiger partial charge on any atom is 0.243 e. The van der Waals surface area contributed by atoms with Gasteiger partial charge in [-0.1, -0.05) is 0 Å². The molecule has 0 unspecified atom stereocenters. The van der Waals surface area contributed by atoms with Gasteiger partial charge >= 0.3 is 0 Å². The van der Waals surface area contributed by atoms with Crippen molar-refractivity contribution in [3.63, 3.8) is 0 Å². The summed E-state index contributed by atoms with van der Waals surface area (Å²) in [5, 5.41) is 0. The quantitative estimate of drug-likeness (QED) is 0.257. The van der Waals surface area contributed by atoms with Gasteiger partial charge in [0.25, 0.3) is 0 Å². The van der Waals surface area contributed by atoms with Crippen LogP contribution in [0.3, 0.4) is 0 Å². The molecule has 1 aromatic rings. The fourth-order valence-corrected chi connectivity index (χ4v) is 4.76. The highest BCUT2D eigenvalue weighted by molar-refractivity contribution is 7.89. The van der Waals surface area contributed by atoms with Gasteiger partial charge in [0.05, 0.1) is 18.6 Å². The maximum atomic E-state index is 13.4. The fraction of sp³-hybridized carbons (Fsp3) is 0.500. The van der Waals surface area contributed by atoms with Gasteiger partial charge in [0, 0.05) is 38.6 Å². The lowest BCUT2D eigenvalue weighted by Gasteiger charge is -2.27. The van der Waals surface area contributed by atoms with E-state index in [-0.39, 0.29) is 31.2 Å². The van der Waals surface area contributed by atoms with Gasteiger partial charge in [-0.15, -0.1) is 0 Å². The van der Waals surface area contributed by atoms with Gasteiger partial charge in [0.1, 0.15) is 18.6 Å². The third kappa shape index (κ3) is 7.26. The summed E-state index contributed by atoms with van der Waals surface area (Å²) in [4.78, 5) is 16.4. The molecule has 0 bridgehead atoms. The molecule has 9 heteroatoms. The van der Waals surface area contributed by atoms with Crippen LogP contribution in [-0.4, -0.2) is 77.1 Å². The molecule has 0 heterocycles. The second-order valence-corrected chi connectivity index (χ2v) is 8.22. The smallest absolute Gasteiger partial charge is 0.243 e. The highest BCUT2D eigenvalue weighted by Crippen LogP contribution is 2.28. The number of aliphatic imine (C=N–C) groups is 1. The summed E-state index contributed by atoms with van der Waals surface area (Å²) < 4.78 is 38.7. The lowest BCUT2D eigenvalue weighted by Crippen LogP contribution is -2.39. The number of carbonyl (C=O) groups excluding carboxylic acids is 1. The van der Waals surface area contributed by atoms with Gasteiger partial charge in [-0.05, 0) is 50.7 Å². The van der Waals surface area contributed by atoms with Crippen LogP contribution >= 0.6 is 0 Å². The Kier molecular flexibility index (Phi) is 10.6. The van der Waals surface area contributed by atoms with Crippen LogP contribution in [0.5, 0.6) is 5.75 Å². The SMILES string of the molecule is C=N/C=C\N(CC)CCN(CCOCC=O)S(=O)(=O)c1c(C)cc(OC)cc1C. The van der Waals surface area contributed by atoms with E-state index in [0.717, 1.165) is 0 Å². The van der Waals surface area contributed by atoms with Crippen molar-refractivity contribution >= 4 is 23.0 Å². The van der Waals surface area contributed by atoms with E-state index in [1.54, 1.807) is 45.5 Å². The van der Waals surface area contributed by atoms with Gasteiger partial charge in [-0.25, -0.2) is 8.42 Å². The molecule has 0 fully saturated rings. The zero-order chi connectivity index (χ0) is 21.9. The van der Waals surface area contributed by atoms with E-state index >= 15 is 0 Å². The molecule has 0 atom stereocenters. The topological polar surface area (TPSA) is 88.5 Å². The summed E-state index contributed by atoms with van der Waals surface area (Å²) in [7, 11) is -2.23. The lowest BCUT2D eigenvalue weighted by atomic mass is 10.1. The van der Waals surface area contributed by atoms with Crippen molar-refractivity contribution in [2.24, 2.45) is 4.99 Å². The summed E-state index contributed by atoms with van der Waals surface area (Å²) in [6, 6.07) is 3.41. The summed E-state index contributed by atoms with van der Waals surface area (Å²) in [6.07, 6.45) is 3.97. The zero-order valence-electron chi connectivity index (χ0n) is 17.6. The fourth-order valence-electron chi connectivity index (χ4n) is 2.93. The van der Waals surface area contributed by atoms with Crippen molar-refractivity contribution in [1.82, 2.24) is 9.21 Å². The Hall–Kier alpha value is -2.23. The van der Waals surface area contributed by atoms with Crippen molar-refractivity contribution in [2.45, 2.75) is 25.7 Å². The number of methoxy groups -OCH3 is 1. The van der Waals surface area contributed by atoms with E-state index in [2.05, 4.69) is 11.7 Å². The highest BCUT2D eigenvalue weighted by atomic mass is 32.2. The minimum Gasteiger partial charge on any atom is -0.497 e. The van der Waals surface area contributed by atoms with E-state index in [0.29, 0.717) is 36.3 Å². The van der Waals surface area contributed by atoms with Crippen LogP contribution in [0, 0.1) is 13.8 Å². The number of hydrogen-bond acceptors (Lipinski definition) is 7. The number of likely N-dealkylation sites (N-methyl/N-ethyl adjacent to an activating group) is 1. The summed E-state index contributed by atoms with van der Waals surface area (Å²) in [5.74, 6) is 0.610. The average molecular weight is 426 g/mol. The van der Waals surface area contributed by atoms with Crippen molar-refractivity contribution in [3.8, 4) is 5.75 Å². The number of aryl methyl sites for hydroxylation is 2. The van der Waals surface area contributed by atoms with E-state index in [1.165, 1.54) is 4.31 Å². The molecule has 1 aromatic carbocycles. The van der Waals surface area contributed by atoms with Crippen molar-refractivity contribution < 1.29 is 22.7 Å². The maximum absolute atomic E-state index is 13.4. The van der Waals surface area contributed by atoms with Crippen LogP contribution in [0.4, 0.5) is 0 Å². The standard InChI is InChI=1S/C20H31N3O5S/c1-6-22(8-7-21-4)9-10-23(11-13-28-14-12-24)29(25,26)20-17(2)15-19(27-5)16-18(20)3/h7-8,12,15-16H,4,6,9-11,13-14H2,1-3,5H3/b8-7-. The Bertz CT molecular complexity index is 785. The molecular formula is C20H31N3O5S. The Morgan fingerprint density at radius 3 is 2.34 bits per heavy atom. The number of sulfonamides is 1. The number of hydrogen-bond donors (Lipinski definition) is 0. The van der Waals surface area contributed by atoms with E-state index in [1.807, 2.05) is 11.8 Å². The number of rotatable bonds is 14. The first-order valence-electron chi connectivity index (χ1n) is 9.35. The third-order valence-corrected chi connectivity index (χ3v) is 6.57. The highest BCUT2D eigenvalue weighted by Gasteiger charge is 2.28. The normalized spacial score (nSPS) is 11.8. The Balaban J connectivity index is 3.16. The van der Waals surface area contributed by atoms with E-state index in [9.17, 15) is 13.2 Å². The van der Waals surface area contributed by atoms with E-state index in [4.69, 9.17) is 9.47 Å². The van der Waals surface area contributed by atoms with Gasteiger partial charge in [0.15, 0.2) is 0 Å². The number of benzene rings is 1. The van der Waals surface area contributed by atoms with Gasteiger partial charge < -0.3 is 19.2 Å². The molecule has 0 saturated heterocycles. The Labute approximate surface area is 173 Å². The predicted octanol–water partition coefficient (Wildman–Crippen LogP) is 2.01. The molecule has 0 aromatic heterocycles. The Morgan fingerprint density at radius 1 is 1.17 bits per heavy atom. The predicted molar refractivity (Wildman–Crippen MR) is 114 cm³/mol. The first kappa shape index (κ1) is 24.8. The average Bonchev–Trinajstić information content (AvgIpc) is 2.68. The molecule has 0 aliphatic heterocycles. The molecular weight excluding hydrogens is 394 g/mol. The molecule has 0 radical (unpaired) electrons. The van der Waals surface area contributed by atoms with Crippen LogP contribution in [0.2, 0.25) is 0 Å². The number of aldehydes is 1. The van der Waals surface area contributed by atoms with Crippen LogP contribution in [0.1, 0.15) is 18.1 Å². The van der Waals surface area contributed by atoms with Crippen molar-refractivity contribution in [3.05, 3.63) is 35.7 Å². The Morgan fingerprint density at radius 2 is 1.83 bits per heavy atom. The van der Waals surface area contributed by atoms with Crippen LogP contribution < -0.4 is 4.74 Å². The summed E-state index contributed by atoms with van der Waals surface area (Å²) >= 11 is 0. The lowest BCUT2D eigenvalue weighted by molar-refractivity contribution is -0.111. The van der Waals surface area contributed by atoms with Gasteiger partial charge in [-0.2, -0.15) is 4.31 Å². The number of ether oxygens (including phenoxy) is 2. The third-order valence-electron chi connectivity index (χ3n) is 4.36. The first-order chi connectivity index (χ1) is 13.8. The number of nitrogens with zero attached hydrogens (tertiary/aromatic N) is 3. The first-order valence-corrected chi connectivity index (χ1v) is 10.8. The van der Waals surface area contributed by atoms with E-state index < -0.39 is 10.0 Å². The van der Waals surface area contributed by atoms with Crippen molar-refractivity contribution in [1.29, 1.82) is 0 Å². The van der Waals surface area contributed by atoms with Crippen LogP contribution in [-0.2, 0) is 19.6 Å². The summed E-state index contributed by atoms with van der Waals surface area (Å²) in [6.45, 7) is 10.5. The zero-order valence-corrected chi connectivity index (χ0v) is 18.4. The van der Waals surface area contributed by atoms with Crippen LogP contribution in [0.15, 0.2) is 34.4 Å². The second-order valence-electron chi connectivity index (χ2n) is 6.35. The molecule has 0 amide bonds. The molecule has 29 heavy (non-hydrogen) atoms. The largest absolute Gasteiger partial charge is 0.497 e. The molecule has 162 valence electrons. The van der Waals surface area contributed by atoms with Gasteiger partial charge in [-0.3, -0.25) is 4.99 Å². The minimum atomic E-state index is -3.78. The second kappa shape index (κ2) is 12.4. The monoisotopic (exact) mass is 425 g/mol. The molecule has 8 nitrogen and oxygen atoms in total. The summed E-state index contributed by atoms with van der Waals surface area (Å²) in [5.41, 5.74) is 1.23. The minimum absolute atomic E-state index is 0.0662. The molecule has 0 saturated carbocycles. The molecule has 0 aliphatic rings. The molecule has 1 rings (SSSR count). The molecule has 0 N–H and O–H groups in total. The molecule has 0 spiro atoms. The molecule has 0 aliphatic carbocycles. The number of carbonyl (C=O) groups is 1. The van der Waals surface area contributed by atoms with Crippen molar-refractivity contribution in [2.75, 3.05) is 46.5 Å².